The maximum absolute atomic E-state index is 13.8. The average molecular weight is 580 g/mol. The number of hydrogen-bond acceptors (Lipinski definition) is 3. The number of amides is 2. The Morgan fingerprint density at radius 3 is 2.11 bits per heavy atom. The minimum atomic E-state index is -0.571. The molecule has 6 heteroatoms. The minimum Gasteiger partial charge on any atom is -0.352 e. The van der Waals surface area contributed by atoms with Gasteiger partial charge in [0.1, 0.15) is 6.04 Å². The van der Waals surface area contributed by atoms with Crippen molar-refractivity contribution >= 4 is 39.5 Å². The molecule has 1 aliphatic carbocycles. The van der Waals surface area contributed by atoms with Crippen LogP contribution >= 0.6 is 27.7 Å². The highest BCUT2D eigenvalue weighted by Gasteiger charge is 2.31. The zero-order chi connectivity index (χ0) is 25.9. The smallest absolute Gasteiger partial charge is 0.243 e. The van der Waals surface area contributed by atoms with Crippen molar-refractivity contribution in [1.82, 2.24) is 10.2 Å². The Morgan fingerprint density at radius 2 is 1.46 bits per heavy atom. The van der Waals surface area contributed by atoms with Crippen LogP contribution in [0.1, 0.15) is 48.8 Å². The summed E-state index contributed by atoms with van der Waals surface area (Å²) < 4.78 is 0.989. The van der Waals surface area contributed by atoms with E-state index in [0.29, 0.717) is 18.7 Å². The fraction of sp³-hybridized carbons (Fsp3) is 0.355. The molecule has 1 saturated carbocycles. The van der Waals surface area contributed by atoms with Gasteiger partial charge in [0.15, 0.2) is 0 Å². The predicted octanol–water partition coefficient (Wildman–Crippen LogP) is 6.77. The molecule has 194 valence electrons. The minimum absolute atomic E-state index is 0.0106. The molecule has 0 aromatic heterocycles. The molecule has 37 heavy (non-hydrogen) atoms. The Hall–Kier alpha value is -2.57. The predicted molar refractivity (Wildman–Crippen MR) is 156 cm³/mol. The molecular formula is C31H35BrN2O2S. The van der Waals surface area contributed by atoms with E-state index in [4.69, 9.17) is 0 Å². The molecule has 0 saturated heterocycles. The van der Waals surface area contributed by atoms with Gasteiger partial charge in [-0.05, 0) is 41.7 Å². The molecule has 3 aromatic carbocycles. The third kappa shape index (κ3) is 8.75. The highest BCUT2D eigenvalue weighted by molar-refractivity contribution is 9.10. The van der Waals surface area contributed by atoms with E-state index in [9.17, 15) is 9.59 Å². The largest absolute Gasteiger partial charge is 0.352 e. The molecular weight excluding hydrogens is 544 g/mol. The Labute approximate surface area is 233 Å². The number of thioether (sulfide) groups is 1. The van der Waals surface area contributed by atoms with Crippen LogP contribution in [-0.2, 0) is 28.3 Å². The highest BCUT2D eigenvalue weighted by Crippen LogP contribution is 2.22. The van der Waals surface area contributed by atoms with Crippen LogP contribution in [0.4, 0.5) is 0 Å². The van der Waals surface area contributed by atoms with E-state index < -0.39 is 6.04 Å². The van der Waals surface area contributed by atoms with Crippen LogP contribution in [0, 0.1) is 0 Å². The highest BCUT2D eigenvalue weighted by atomic mass is 79.9. The zero-order valence-electron chi connectivity index (χ0n) is 21.2. The number of carbonyl (C=O) groups is 2. The van der Waals surface area contributed by atoms with Gasteiger partial charge in [-0.1, -0.05) is 108 Å². The lowest BCUT2D eigenvalue weighted by atomic mass is 9.94. The van der Waals surface area contributed by atoms with Crippen molar-refractivity contribution in [3.05, 3.63) is 106 Å². The van der Waals surface area contributed by atoms with Crippen molar-refractivity contribution in [2.75, 3.05) is 5.75 Å². The van der Waals surface area contributed by atoms with Crippen LogP contribution in [0.25, 0.3) is 0 Å². The molecule has 0 bridgehead atoms. The summed E-state index contributed by atoms with van der Waals surface area (Å²) in [6, 6.07) is 27.8. The van der Waals surface area contributed by atoms with Gasteiger partial charge < -0.3 is 10.2 Å². The molecule has 1 fully saturated rings. The van der Waals surface area contributed by atoms with Crippen molar-refractivity contribution in [3.63, 3.8) is 0 Å². The Kier molecular flexibility index (Phi) is 10.7. The molecule has 0 spiro atoms. The summed E-state index contributed by atoms with van der Waals surface area (Å²) >= 11 is 5.10. The van der Waals surface area contributed by atoms with E-state index in [1.807, 2.05) is 72.8 Å². The van der Waals surface area contributed by atoms with Gasteiger partial charge in [0.05, 0.1) is 5.75 Å². The van der Waals surface area contributed by atoms with E-state index >= 15 is 0 Å². The van der Waals surface area contributed by atoms with Crippen molar-refractivity contribution in [2.24, 2.45) is 0 Å². The zero-order valence-corrected chi connectivity index (χ0v) is 23.6. The first-order valence-corrected chi connectivity index (χ1v) is 15.0. The number of benzene rings is 3. The Bertz CT molecular complexity index is 1120. The number of nitrogens with zero attached hydrogens (tertiary/aromatic N) is 1. The van der Waals surface area contributed by atoms with Crippen molar-refractivity contribution in [1.29, 1.82) is 0 Å². The molecule has 1 aliphatic rings. The fourth-order valence-corrected chi connectivity index (χ4v) is 5.93. The van der Waals surface area contributed by atoms with Crippen LogP contribution in [0.2, 0.25) is 0 Å². The Morgan fingerprint density at radius 1 is 0.838 bits per heavy atom. The average Bonchev–Trinajstić information content (AvgIpc) is 2.93. The lowest BCUT2D eigenvalue weighted by molar-refractivity contribution is -0.139. The molecule has 0 radical (unpaired) electrons. The van der Waals surface area contributed by atoms with E-state index in [1.54, 1.807) is 16.7 Å². The van der Waals surface area contributed by atoms with Gasteiger partial charge in [-0.3, -0.25) is 9.59 Å². The van der Waals surface area contributed by atoms with Crippen molar-refractivity contribution in [2.45, 2.75) is 62.9 Å². The van der Waals surface area contributed by atoms with Crippen LogP contribution in [0.15, 0.2) is 89.4 Å². The number of hydrogen-bond donors (Lipinski definition) is 1. The number of carbonyl (C=O) groups excluding carboxylic acids is 2. The standard InChI is InChI=1S/C31H35BrN2O2S/c32-27-18-16-25(17-19-27)21-34(30(35)23-37-22-26-12-6-2-7-13-26)29(20-24-10-4-1-5-11-24)31(36)33-28-14-8-3-9-15-28/h1-2,4-7,10-13,16-19,28-29H,3,8-9,14-15,20-23H2,(H,33,36)/t29-/m1/s1. The second-order valence-corrected chi connectivity index (χ2v) is 11.6. The van der Waals surface area contributed by atoms with Gasteiger partial charge in [-0.15, -0.1) is 11.8 Å². The van der Waals surface area contributed by atoms with Gasteiger partial charge in [0.2, 0.25) is 11.8 Å². The maximum Gasteiger partial charge on any atom is 0.243 e. The first-order valence-electron chi connectivity index (χ1n) is 13.1. The van der Waals surface area contributed by atoms with Crippen molar-refractivity contribution < 1.29 is 9.59 Å². The molecule has 0 aliphatic heterocycles. The van der Waals surface area contributed by atoms with Gasteiger partial charge in [0, 0.05) is 29.2 Å². The molecule has 4 rings (SSSR count). The second kappa shape index (κ2) is 14.4. The van der Waals surface area contributed by atoms with E-state index in [1.165, 1.54) is 12.0 Å². The first kappa shape index (κ1) is 27.5. The third-order valence-corrected chi connectivity index (χ3v) is 8.34. The van der Waals surface area contributed by atoms with Crippen LogP contribution in [0.3, 0.4) is 0 Å². The molecule has 1 atom stereocenters. The van der Waals surface area contributed by atoms with Gasteiger partial charge in [-0.2, -0.15) is 0 Å². The SMILES string of the molecule is O=C(NC1CCCCC1)[C@@H](Cc1ccccc1)N(Cc1ccc(Br)cc1)C(=O)CSCc1ccccc1. The summed E-state index contributed by atoms with van der Waals surface area (Å²) in [6.45, 7) is 0.396. The number of halogens is 1. The molecule has 4 nitrogen and oxygen atoms in total. The monoisotopic (exact) mass is 578 g/mol. The molecule has 2 amide bonds. The fourth-order valence-electron chi connectivity index (χ4n) is 4.80. The third-order valence-electron chi connectivity index (χ3n) is 6.83. The summed E-state index contributed by atoms with van der Waals surface area (Å²) in [7, 11) is 0. The van der Waals surface area contributed by atoms with Gasteiger partial charge >= 0.3 is 0 Å². The summed E-state index contributed by atoms with van der Waals surface area (Å²) in [5, 5.41) is 3.30. The quantitative estimate of drug-likeness (QED) is 0.273. The lowest BCUT2D eigenvalue weighted by Gasteiger charge is -2.33. The number of rotatable bonds is 11. The second-order valence-electron chi connectivity index (χ2n) is 9.68. The van der Waals surface area contributed by atoms with Crippen molar-refractivity contribution in [3.8, 4) is 0 Å². The summed E-state index contributed by atoms with van der Waals surface area (Å²) in [5.74, 6) is 1.03. The number of nitrogens with one attached hydrogen (secondary N) is 1. The van der Waals surface area contributed by atoms with Gasteiger partial charge in [-0.25, -0.2) is 0 Å². The van der Waals surface area contributed by atoms with Crippen LogP contribution in [-0.4, -0.2) is 34.6 Å². The lowest BCUT2D eigenvalue weighted by Crippen LogP contribution is -2.53. The molecule has 1 N–H and O–H groups in total. The summed E-state index contributed by atoms with van der Waals surface area (Å²) in [4.78, 5) is 29.3. The van der Waals surface area contributed by atoms with E-state index in [-0.39, 0.29) is 17.9 Å². The summed E-state index contributed by atoms with van der Waals surface area (Å²) in [5.41, 5.74) is 3.25. The topological polar surface area (TPSA) is 49.4 Å². The van der Waals surface area contributed by atoms with E-state index in [2.05, 4.69) is 33.4 Å². The maximum atomic E-state index is 13.8. The normalized spacial score (nSPS) is 14.6. The Balaban J connectivity index is 1.56. The van der Waals surface area contributed by atoms with Gasteiger partial charge in [0.25, 0.3) is 0 Å². The molecule has 0 heterocycles. The van der Waals surface area contributed by atoms with Crippen LogP contribution < -0.4 is 5.32 Å². The van der Waals surface area contributed by atoms with Crippen LogP contribution in [0.5, 0.6) is 0 Å². The summed E-state index contributed by atoms with van der Waals surface area (Å²) in [6.07, 6.45) is 6.03. The molecule has 3 aromatic rings. The first-order chi connectivity index (χ1) is 18.1. The van der Waals surface area contributed by atoms with E-state index in [0.717, 1.165) is 47.0 Å². The molecule has 0 unspecified atom stereocenters.